The first-order valence-electron chi connectivity index (χ1n) is 10.0. The molecule has 6 heteroatoms. The molecule has 1 N–H and O–H groups in total. The summed E-state index contributed by atoms with van der Waals surface area (Å²) in [7, 11) is 0. The van der Waals surface area contributed by atoms with Gasteiger partial charge >= 0.3 is 0 Å². The van der Waals surface area contributed by atoms with E-state index in [4.69, 9.17) is 0 Å². The summed E-state index contributed by atoms with van der Waals surface area (Å²) in [5.74, 6) is -0.140. The number of carbonyl (C=O) groups is 2. The Labute approximate surface area is 176 Å². The minimum Gasteiger partial charge on any atom is -0.339 e. The van der Waals surface area contributed by atoms with Gasteiger partial charge in [-0.05, 0) is 44.5 Å². The third-order valence-electron chi connectivity index (χ3n) is 4.80. The van der Waals surface area contributed by atoms with Crippen molar-refractivity contribution in [2.75, 3.05) is 18.4 Å². The van der Waals surface area contributed by atoms with Gasteiger partial charge in [-0.1, -0.05) is 48.0 Å². The molecule has 0 aliphatic rings. The van der Waals surface area contributed by atoms with Gasteiger partial charge in [0, 0.05) is 19.2 Å². The molecule has 1 aromatic heterocycles. The highest BCUT2D eigenvalue weighted by atomic mass is 16.2. The third kappa shape index (κ3) is 4.84. The quantitative estimate of drug-likeness (QED) is 0.599. The van der Waals surface area contributed by atoms with Crippen LogP contribution >= 0.6 is 0 Å². The number of aromatic nitrogens is 2. The lowest BCUT2D eigenvalue weighted by atomic mass is 10.1. The standard InChI is InChI=1S/C24H26N4O2/c1-4-27(5-2)24(30)21-17-25-28(20-9-7-6-8-10-20)23(21)26-22(29)16-15-19-13-11-18(3)12-14-19/h6-17H,4-5H2,1-3H3,(H,26,29)/b16-15+. The first-order chi connectivity index (χ1) is 14.5. The molecule has 0 aliphatic heterocycles. The van der Waals surface area contributed by atoms with E-state index in [2.05, 4.69) is 10.4 Å². The second kappa shape index (κ2) is 9.69. The van der Waals surface area contributed by atoms with Crippen LogP contribution < -0.4 is 5.32 Å². The highest BCUT2D eigenvalue weighted by molar-refractivity contribution is 6.07. The molecule has 0 radical (unpaired) electrons. The molecule has 6 nitrogen and oxygen atoms in total. The van der Waals surface area contributed by atoms with Gasteiger partial charge in [0.1, 0.15) is 11.4 Å². The summed E-state index contributed by atoms with van der Waals surface area (Å²) >= 11 is 0. The highest BCUT2D eigenvalue weighted by Crippen LogP contribution is 2.22. The number of para-hydroxylation sites is 1. The van der Waals surface area contributed by atoms with Crippen molar-refractivity contribution >= 4 is 23.7 Å². The molecule has 0 spiro atoms. The van der Waals surface area contributed by atoms with Crippen LogP contribution in [0.5, 0.6) is 0 Å². The van der Waals surface area contributed by atoms with Gasteiger partial charge in [-0.25, -0.2) is 4.68 Å². The fourth-order valence-electron chi connectivity index (χ4n) is 3.08. The van der Waals surface area contributed by atoms with Crippen molar-refractivity contribution in [3.63, 3.8) is 0 Å². The van der Waals surface area contributed by atoms with Crippen molar-refractivity contribution in [2.24, 2.45) is 0 Å². The molecule has 3 rings (SSSR count). The molecule has 30 heavy (non-hydrogen) atoms. The van der Waals surface area contributed by atoms with Gasteiger partial charge in [0.2, 0.25) is 5.91 Å². The van der Waals surface area contributed by atoms with Crippen LogP contribution in [0, 0.1) is 6.92 Å². The van der Waals surface area contributed by atoms with Crippen LogP contribution in [0.4, 0.5) is 5.82 Å². The summed E-state index contributed by atoms with van der Waals surface area (Å²) in [4.78, 5) is 27.3. The monoisotopic (exact) mass is 402 g/mol. The van der Waals surface area contributed by atoms with Crippen LogP contribution in [-0.4, -0.2) is 39.6 Å². The topological polar surface area (TPSA) is 67.2 Å². The molecule has 0 bridgehead atoms. The van der Waals surface area contributed by atoms with E-state index in [1.54, 1.807) is 15.7 Å². The Morgan fingerprint density at radius 2 is 1.70 bits per heavy atom. The highest BCUT2D eigenvalue weighted by Gasteiger charge is 2.23. The number of hydrogen-bond donors (Lipinski definition) is 1. The maximum absolute atomic E-state index is 13.0. The molecule has 2 aromatic carbocycles. The molecular formula is C24H26N4O2. The predicted molar refractivity (Wildman–Crippen MR) is 120 cm³/mol. The molecule has 3 aromatic rings. The molecule has 0 saturated heterocycles. The fourth-order valence-corrected chi connectivity index (χ4v) is 3.08. The Hall–Kier alpha value is -3.67. The van der Waals surface area contributed by atoms with Crippen molar-refractivity contribution in [1.82, 2.24) is 14.7 Å². The summed E-state index contributed by atoms with van der Waals surface area (Å²) in [5, 5.41) is 7.22. The van der Waals surface area contributed by atoms with E-state index in [1.165, 1.54) is 12.3 Å². The van der Waals surface area contributed by atoms with Crippen LogP contribution in [0.25, 0.3) is 11.8 Å². The second-order valence-electron chi connectivity index (χ2n) is 6.86. The number of rotatable bonds is 7. The van der Waals surface area contributed by atoms with Crippen molar-refractivity contribution in [2.45, 2.75) is 20.8 Å². The summed E-state index contributed by atoms with van der Waals surface area (Å²) in [6, 6.07) is 17.3. The third-order valence-corrected chi connectivity index (χ3v) is 4.80. The largest absolute Gasteiger partial charge is 0.339 e. The number of hydrogen-bond acceptors (Lipinski definition) is 3. The van der Waals surface area contributed by atoms with Crippen molar-refractivity contribution in [1.29, 1.82) is 0 Å². The summed E-state index contributed by atoms with van der Waals surface area (Å²) in [6.07, 6.45) is 4.70. The molecule has 1 heterocycles. The number of nitrogens with one attached hydrogen (secondary N) is 1. The van der Waals surface area contributed by atoms with Gasteiger partial charge in [0.25, 0.3) is 5.91 Å². The number of aryl methyl sites for hydroxylation is 1. The van der Waals surface area contributed by atoms with E-state index in [0.717, 1.165) is 16.8 Å². The zero-order valence-electron chi connectivity index (χ0n) is 17.5. The first kappa shape index (κ1) is 21.0. The number of nitrogens with zero attached hydrogens (tertiary/aromatic N) is 3. The number of anilines is 1. The predicted octanol–water partition coefficient (Wildman–Crippen LogP) is 4.31. The summed E-state index contributed by atoms with van der Waals surface area (Å²) in [5.41, 5.74) is 3.20. The van der Waals surface area contributed by atoms with Gasteiger partial charge < -0.3 is 10.2 Å². The molecule has 154 valence electrons. The summed E-state index contributed by atoms with van der Waals surface area (Å²) in [6.45, 7) is 7.01. The Bertz CT molecular complexity index is 1030. The van der Waals surface area contributed by atoms with Crippen molar-refractivity contribution in [3.05, 3.63) is 83.6 Å². The molecule has 0 aliphatic carbocycles. The van der Waals surface area contributed by atoms with Crippen LogP contribution in [-0.2, 0) is 4.79 Å². The Morgan fingerprint density at radius 1 is 1.03 bits per heavy atom. The van der Waals surface area contributed by atoms with E-state index < -0.39 is 0 Å². The lowest BCUT2D eigenvalue weighted by Gasteiger charge is -2.19. The van der Waals surface area contributed by atoms with Gasteiger partial charge in [-0.3, -0.25) is 9.59 Å². The molecule has 0 unspecified atom stereocenters. The average molecular weight is 402 g/mol. The average Bonchev–Trinajstić information content (AvgIpc) is 3.18. The summed E-state index contributed by atoms with van der Waals surface area (Å²) < 4.78 is 1.58. The number of benzene rings is 2. The van der Waals surface area contributed by atoms with Gasteiger partial charge in [0.15, 0.2) is 0 Å². The molecule has 0 fully saturated rings. The zero-order valence-corrected chi connectivity index (χ0v) is 17.5. The Balaban J connectivity index is 1.92. The number of carbonyl (C=O) groups excluding carboxylic acids is 2. The minimum atomic E-state index is -0.332. The lowest BCUT2D eigenvalue weighted by Crippen LogP contribution is -2.31. The van der Waals surface area contributed by atoms with Crippen LogP contribution in [0.2, 0.25) is 0 Å². The normalized spacial score (nSPS) is 10.9. The minimum absolute atomic E-state index is 0.167. The first-order valence-corrected chi connectivity index (χ1v) is 10.0. The number of amides is 2. The van der Waals surface area contributed by atoms with E-state index in [0.29, 0.717) is 24.5 Å². The molecule has 2 amide bonds. The van der Waals surface area contributed by atoms with E-state index in [9.17, 15) is 9.59 Å². The van der Waals surface area contributed by atoms with Crippen molar-refractivity contribution in [3.8, 4) is 5.69 Å². The van der Waals surface area contributed by atoms with E-state index in [-0.39, 0.29) is 11.8 Å². The zero-order chi connectivity index (χ0) is 21.5. The van der Waals surface area contributed by atoms with Gasteiger partial charge in [0.05, 0.1) is 11.9 Å². The maximum atomic E-state index is 13.0. The van der Waals surface area contributed by atoms with Crippen molar-refractivity contribution < 1.29 is 9.59 Å². The second-order valence-corrected chi connectivity index (χ2v) is 6.86. The molecule has 0 saturated carbocycles. The lowest BCUT2D eigenvalue weighted by molar-refractivity contribution is -0.111. The van der Waals surface area contributed by atoms with Crippen LogP contribution in [0.3, 0.4) is 0 Å². The van der Waals surface area contributed by atoms with Gasteiger partial charge in [-0.15, -0.1) is 0 Å². The van der Waals surface area contributed by atoms with Crippen LogP contribution in [0.1, 0.15) is 35.3 Å². The molecular weight excluding hydrogens is 376 g/mol. The SMILES string of the molecule is CCN(CC)C(=O)c1cnn(-c2ccccc2)c1NC(=O)/C=C/c1ccc(C)cc1. The fraction of sp³-hybridized carbons (Fsp3) is 0.208. The van der Waals surface area contributed by atoms with E-state index in [1.807, 2.05) is 75.4 Å². The molecule has 0 atom stereocenters. The smallest absolute Gasteiger partial charge is 0.259 e. The maximum Gasteiger partial charge on any atom is 0.259 e. The van der Waals surface area contributed by atoms with E-state index >= 15 is 0 Å². The Morgan fingerprint density at radius 3 is 2.33 bits per heavy atom. The van der Waals surface area contributed by atoms with Gasteiger partial charge in [-0.2, -0.15) is 5.10 Å². The van der Waals surface area contributed by atoms with Crippen LogP contribution in [0.15, 0.2) is 66.9 Å². The Kier molecular flexibility index (Phi) is 6.80.